The molecule has 0 aliphatic heterocycles. The maximum Gasteiger partial charge on any atom is 0.267 e. The number of sulfonamides is 1. The lowest BCUT2D eigenvalue weighted by Gasteiger charge is -2.20. The summed E-state index contributed by atoms with van der Waals surface area (Å²) in [5, 5.41) is 18.8. The Balaban J connectivity index is 2.45. The van der Waals surface area contributed by atoms with Gasteiger partial charge in [-0.25, -0.2) is 8.42 Å². The van der Waals surface area contributed by atoms with E-state index < -0.39 is 10.0 Å². The first kappa shape index (κ1) is 13.2. The van der Waals surface area contributed by atoms with Gasteiger partial charge in [-0.2, -0.15) is 0 Å². The van der Waals surface area contributed by atoms with Gasteiger partial charge in [-0.15, -0.1) is 0 Å². The number of anilines is 1. The molecule has 0 amide bonds. The third kappa shape index (κ3) is 2.48. The fourth-order valence-electron chi connectivity index (χ4n) is 1.62. The smallest absolute Gasteiger partial charge is 0.267 e. The van der Waals surface area contributed by atoms with Gasteiger partial charge in [-0.1, -0.05) is 12.1 Å². The zero-order valence-corrected chi connectivity index (χ0v) is 11.0. The van der Waals surface area contributed by atoms with Crippen LogP contribution < -0.4 is 4.31 Å². The number of phenols is 2. The fourth-order valence-corrected chi connectivity index (χ4v) is 2.90. The Morgan fingerprint density at radius 2 is 1.53 bits per heavy atom. The van der Waals surface area contributed by atoms with Crippen molar-refractivity contribution in [1.29, 1.82) is 0 Å². The van der Waals surface area contributed by atoms with Crippen LogP contribution in [-0.4, -0.2) is 25.7 Å². The topological polar surface area (TPSA) is 77.8 Å². The molecule has 0 saturated carbocycles. The van der Waals surface area contributed by atoms with Crippen molar-refractivity contribution in [2.75, 3.05) is 11.4 Å². The van der Waals surface area contributed by atoms with Gasteiger partial charge in [0.05, 0.1) is 5.69 Å². The summed E-state index contributed by atoms with van der Waals surface area (Å²) in [4.78, 5) is -0.162. The van der Waals surface area contributed by atoms with Crippen molar-refractivity contribution in [2.45, 2.75) is 4.90 Å². The Kier molecular flexibility index (Phi) is 3.35. The third-order valence-corrected chi connectivity index (χ3v) is 4.55. The molecule has 0 bridgehead atoms. The molecule has 2 rings (SSSR count). The molecule has 6 heteroatoms. The number of hydrogen-bond acceptors (Lipinski definition) is 4. The molecular formula is C13H13NO4S. The van der Waals surface area contributed by atoms with Gasteiger partial charge in [0, 0.05) is 7.05 Å². The van der Waals surface area contributed by atoms with E-state index in [0.29, 0.717) is 5.69 Å². The van der Waals surface area contributed by atoms with Crippen LogP contribution in [0.25, 0.3) is 0 Å². The monoisotopic (exact) mass is 279 g/mol. The molecule has 5 nitrogen and oxygen atoms in total. The predicted octanol–water partition coefficient (Wildman–Crippen LogP) is 1.92. The Morgan fingerprint density at radius 1 is 0.947 bits per heavy atom. The molecule has 100 valence electrons. The fraction of sp³-hybridized carbons (Fsp3) is 0.0769. The number of benzene rings is 2. The van der Waals surface area contributed by atoms with E-state index in [9.17, 15) is 18.6 Å². The third-order valence-electron chi connectivity index (χ3n) is 2.72. The molecule has 0 saturated heterocycles. The van der Waals surface area contributed by atoms with Gasteiger partial charge in [0.2, 0.25) is 0 Å². The summed E-state index contributed by atoms with van der Waals surface area (Å²) in [6.07, 6.45) is 0. The second-order valence-electron chi connectivity index (χ2n) is 3.96. The molecule has 0 aliphatic rings. The highest BCUT2D eigenvalue weighted by atomic mass is 32.2. The Labute approximate surface area is 111 Å². The van der Waals surface area contributed by atoms with Gasteiger partial charge in [-0.3, -0.25) is 4.31 Å². The maximum absolute atomic E-state index is 12.3. The number of para-hydroxylation sites is 1. The molecule has 0 spiro atoms. The largest absolute Gasteiger partial charge is 0.508 e. The van der Waals surface area contributed by atoms with Gasteiger partial charge in [-0.05, 0) is 36.4 Å². The summed E-state index contributed by atoms with van der Waals surface area (Å²) in [5.74, 6) is -0.245. The van der Waals surface area contributed by atoms with Crippen LogP contribution in [0.3, 0.4) is 0 Å². The van der Waals surface area contributed by atoms with Crippen LogP contribution in [0.15, 0.2) is 53.4 Å². The van der Waals surface area contributed by atoms with Crippen LogP contribution in [0.4, 0.5) is 5.69 Å². The van der Waals surface area contributed by atoms with Crippen LogP contribution in [0, 0.1) is 0 Å². The Bertz CT molecular complexity index is 680. The average molecular weight is 279 g/mol. The van der Waals surface area contributed by atoms with Gasteiger partial charge < -0.3 is 10.2 Å². The van der Waals surface area contributed by atoms with Gasteiger partial charge >= 0.3 is 0 Å². The normalized spacial score (nSPS) is 11.2. The molecular weight excluding hydrogens is 266 g/mol. The van der Waals surface area contributed by atoms with E-state index in [-0.39, 0.29) is 16.4 Å². The first-order valence-electron chi connectivity index (χ1n) is 5.49. The lowest BCUT2D eigenvalue weighted by molar-refractivity contribution is 0.458. The van der Waals surface area contributed by atoms with Crippen molar-refractivity contribution >= 4 is 15.7 Å². The van der Waals surface area contributed by atoms with E-state index in [1.54, 1.807) is 6.07 Å². The number of nitrogens with zero attached hydrogens (tertiary/aromatic N) is 1. The van der Waals surface area contributed by atoms with Crippen LogP contribution >= 0.6 is 0 Å². The summed E-state index contributed by atoms with van der Waals surface area (Å²) in [6.45, 7) is 0. The van der Waals surface area contributed by atoms with Crippen molar-refractivity contribution in [1.82, 2.24) is 0 Å². The summed E-state index contributed by atoms with van der Waals surface area (Å²) in [5.41, 5.74) is 0.390. The van der Waals surface area contributed by atoms with Gasteiger partial charge in [0.15, 0.2) is 0 Å². The molecule has 0 aromatic heterocycles. The lowest BCUT2D eigenvalue weighted by atomic mass is 10.3. The van der Waals surface area contributed by atoms with Crippen LogP contribution in [0.5, 0.6) is 11.5 Å². The van der Waals surface area contributed by atoms with Crippen LogP contribution in [-0.2, 0) is 10.0 Å². The van der Waals surface area contributed by atoms with Crippen molar-refractivity contribution in [2.24, 2.45) is 0 Å². The standard InChI is InChI=1S/C13H13NO4S/c1-14(10-6-8-11(15)9-7-10)19(17,18)13-5-3-2-4-12(13)16/h2-9,15-16H,1H3. The van der Waals surface area contributed by atoms with Crippen molar-refractivity contribution in [3.8, 4) is 11.5 Å². The van der Waals surface area contributed by atoms with E-state index in [0.717, 1.165) is 4.31 Å². The maximum atomic E-state index is 12.3. The number of phenolic OH excluding ortho intramolecular Hbond substituents is 2. The molecule has 2 aromatic carbocycles. The number of rotatable bonds is 3. The summed E-state index contributed by atoms with van der Waals surface area (Å²) >= 11 is 0. The number of hydrogen-bond donors (Lipinski definition) is 2. The molecule has 0 aliphatic carbocycles. The van der Waals surface area contributed by atoms with E-state index in [4.69, 9.17) is 0 Å². The second-order valence-corrected chi connectivity index (χ2v) is 5.89. The first-order valence-corrected chi connectivity index (χ1v) is 6.93. The van der Waals surface area contributed by atoms with Crippen molar-refractivity contribution < 1.29 is 18.6 Å². The summed E-state index contributed by atoms with van der Waals surface area (Å²) in [7, 11) is -2.45. The predicted molar refractivity (Wildman–Crippen MR) is 71.8 cm³/mol. The molecule has 2 aromatic rings. The second kappa shape index (κ2) is 4.81. The van der Waals surface area contributed by atoms with Crippen molar-refractivity contribution in [3.05, 3.63) is 48.5 Å². The molecule has 0 heterocycles. The van der Waals surface area contributed by atoms with Crippen LogP contribution in [0.1, 0.15) is 0 Å². The number of aromatic hydroxyl groups is 2. The minimum atomic E-state index is -3.83. The van der Waals surface area contributed by atoms with E-state index in [1.807, 2.05) is 0 Å². The zero-order valence-electron chi connectivity index (χ0n) is 10.2. The minimum absolute atomic E-state index is 0.0529. The zero-order chi connectivity index (χ0) is 14.0. The summed E-state index contributed by atoms with van der Waals surface area (Å²) in [6, 6.07) is 11.5. The Hall–Kier alpha value is -2.21. The highest BCUT2D eigenvalue weighted by Crippen LogP contribution is 2.28. The lowest BCUT2D eigenvalue weighted by Crippen LogP contribution is -2.26. The van der Waals surface area contributed by atoms with Gasteiger partial charge in [0.1, 0.15) is 16.4 Å². The van der Waals surface area contributed by atoms with E-state index in [2.05, 4.69) is 0 Å². The quantitative estimate of drug-likeness (QED) is 0.899. The highest BCUT2D eigenvalue weighted by molar-refractivity contribution is 7.92. The average Bonchev–Trinajstić information content (AvgIpc) is 2.39. The van der Waals surface area contributed by atoms with E-state index in [1.165, 1.54) is 49.5 Å². The molecule has 19 heavy (non-hydrogen) atoms. The molecule has 0 fully saturated rings. The highest BCUT2D eigenvalue weighted by Gasteiger charge is 2.24. The van der Waals surface area contributed by atoms with Crippen molar-refractivity contribution in [3.63, 3.8) is 0 Å². The summed E-state index contributed by atoms with van der Waals surface area (Å²) < 4.78 is 25.7. The van der Waals surface area contributed by atoms with E-state index >= 15 is 0 Å². The minimum Gasteiger partial charge on any atom is -0.508 e. The molecule has 0 unspecified atom stereocenters. The van der Waals surface area contributed by atoms with Gasteiger partial charge in [0.25, 0.3) is 10.0 Å². The first-order chi connectivity index (χ1) is 8.93. The van der Waals surface area contributed by atoms with Crippen LogP contribution in [0.2, 0.25) is 0 Å². The Morgan fingerprint density at radius 3 is 2.11 bits per heavy atom. The SMILES string of the molecule is CN(c1ccc(O)cc1)S(=O)(=O)c1ccccc1O. The molecule has 0 radical (unpaired) electrons. The molecule has 2 N–H and O–H groups in total. The molecule has 0 atom stereocenters.